The van der Waals surface area contributed by atoms with Gasteiger partial charge in [0.1, 0.15) is 5.82 Å². The zero-order chi connectivity index (χ0) is 13.6. The largest absolute Gasteiger partial charge is 0.452 e. The quantitative estimate of drug-likeness (QED) is 0.909. The van der Waals surface area contributed by atoms with Crippen LogP contribution in [-0.4, -0.2) is 37.6 Å². The van der Waals surface area contributed by atoms with Gasteiger partial charge in [-0.2, -0.15) is 27.6 Å². The Kier molecular flexibility index (Phi) is 2.69. The van der Waals surface area contributed by atoms with E-state index in [-0.39, 0.29) is 11.0 Å². The van der Waals surface area contributed by atoms with Crippen LogP contribution in [0.25, 0.3) is 0 Å². The predicted octanol–water partition coefficient (Wildman–Crippen LogP) is 1.59. The van der Waals surface area contributed by atoms with Gasteiger partial charge in [-0.25, -0.2) is 4.98 Å². The van der Waals surface area contributed by atoms with Crippen LogP contribution in [0.4, 0.5) is 18.3 Å². The van der Waals surface area contributed by atoms with E-state index in [0.29, 0.717) is 18.9 Å². The number of aromatic nitrogens is 5. The summed E-state index contributed by atoms with van der Waals surface area (Å²) in [5.41, 5.74) is 0. The summed E-state index contributed by atoms with van der Waals surface area (Å²) in [5, 5.41) is 7.07. The molecule has 0 bridgehead atoms. The second-order valence-corrected chi connectivity index (χ2v) is 5.01. The lowest BCUT2D eigenvalue weighted by molar-refractivity contribution is -0.144. The van der Waals surface area contributed by atoms with Crippen molar-refractivity contribution in [1.29, 1.82) is 0 Å². The highest BCUT2D eigenvalue weighted by atomic mass is 32.1. The van der Waals surface area contributed by atoms with Crippen molar-refractivity contribution in [1.82, 2.24) is 24.5 Å². The molecule has 0 aromatic carbocycles. The lowest BCUT2D eigenvalue weighted by Gasteiger charge is -2.37. The number of aryl methyl sites for hydroxylation is 1. The number of hydrogen-bond donors (Lipinski definition) is 1. The second kappa shape index (κ2) is 4.15. The van der Waals surface area contributed by atoms with E-state index >= 15 is 0 Å². The summed E-state index contributed by atoms with van der Waals surface area (Å²) in [4.78, 5) is 9.44. The molecule has 102 valence electrons. The van der Waals surface area contributed by atoms with Gasteiger partial charge in [0.05, 0.1) is 5.92 Å². The molecule has 10 heteroatoms. The van der Waals surface area contributed by atoms with E-state index in [0.717, 1.165) is 17.4 Å². The summed E-state index contributed by atoms with van der Waals surface area (Å²) in [6.07, 6.45) is -4.49. The van der Waals surface area contributed by atoms with Crippen LogP contribution >= 0.6 is 11.5 Å². The van der Waals surface area contributed by atoms with E-state index in [1.54, 1.807) is 11.8 Å². The number of hydrogen-bond acceptors (Lipinski definition) is 6. The van der Waals surface area contributed by atoms with Gasteiger partial charge in [-0.3, -0.25) is 5.10 Å². The molecule has 1 aliphatic heterocycles. The number of nitrogens with one attached hydrogen (secondary N) is 1. The highest BCUT2D eigenvalue weighted by Gasteiger charge is 2.39. The van der Waals surface area contributed by atoms with Crippen molar-refractivity contribution in [3.8, 4) is 0 Å². The molecule has 2 aromatic rings. The van der Waals surface area contributed by atoms with Crippen LogP contribution in [0.15, 0.2) is 0 Å². The molecule has 2 aromatic heterocycles. The van der Waals surface area contributed by atoms with Crippen molar-refractivity contribution in [2.75, 3.05) is 18.0 Å². The predicted molar refractivity (Wildman–Crippen MR) is 61.0 cm³/mol. The highest BCUT2D eigenvalue weighted by Crippen LogP contribution is 2.34. The molecule has 0 aliphatic carbocycles. The van der Waals surface area contributed by atoms with Gasteiger partial charge >= 0.3 is 6.18 Å². The lowest BCUT2D eigenvalue weighted by atomic mass is 10.0. The second-order valence-electron chi connectivity index (χ2n) is 4.28. The number of aromatic amines is 1. The molecule has 0 spiro atoms. The third-order valence-corrected chi connectivity index (χ3v) is 3.58. The average Bonchev–Trinajstić information content (AvgIpc) is 2.85. The number of halogens is 3. The lowest BCUT2D eigenvalue weighted by Crippen LogP contribution is -2.45. The fourth-order valence-electron chi connectivity index (χ4n) is 1.80. The van der Waals surface area contributed by atoms with Gasteiger partial charge in [-0.1, -0.05) is 0 Å². The maximum atomic E-state index is 12.4. The topological polar surface area (TPSA) is 70.6 Å². The maximum absolute atomic E-state index is 12.4. The minimum absolute atomic E-state index is 0.128. The molecule has 1 saturated heterocycles. The van der Waals surface area contributed by atoms with Crippen molar-refractivity contribution in [2.45, 2.75) is 19.0 Å². The molecule has 0 atom stereocenters. The van der Waals surface area contributed by atoms with E-state index in [2.05, 4.69) is 24.5 Å². The molecular formula is C9H9F3N6S. The normalized spacial score (nSPS) is 16.7. The van der Waals surface area contributed by atoms with Gasteiger partial charge < -0.3 is 4.90 Å². The number of nitrogens with zero attached hydrogens (tertiary/aromatic N) is 5. The Morgan fingerprint density at radius 2 is 2.05 bits per heavy atom. The first kappa shape index (κ1) is 12.3. The summed E-state index contributed by atoms with van der Waals surface area (Å²) in [6.45, 7) is 2.92. The van der Waals surface area contributed by atoms with E-state index in [1.165, 1.54) is 0 Å². The zero-order valence-corrected chi connectivity index (χ0v) is 10.6. The molecule has 6 nitrogen and oxygen atoms in total. The summed E-state index contributed by atoms with van der Waals surface area (Å²) in [5.74, 6) is 0.464. The Balaban J connectivity index is 1.66. The van der Waals surface area contributed by atoms with E-state index in [9.17, 15) is 13.2 Å². The molecular weight excluding hydrogens is 281 g/mol. The fourth-order valence-corrected chi connectivity index (χ4v) is 2.50. The number of H-pyrrole nitrogens is 1. The van der Waals surface area contributed by atoms with Crippen LogP contribution in [0.3, 0.4) is 0 Å². The first-order valence-electron chi connectivity index (χ1n) is 5.48. The molecule has 1 fully saturated rings. The summed E-state index contributed by atoms with van der Waals surface area (Å²) in [7, 11) is 0. The Bertz CT molecular complexity index is 585. The number of anilines is 1. The maximum Gasteiger partial charge on any atom is 0.452 e. The summed E-state index contributed by atoms with van der Waals surface area (Å²) in [6, 6.07) is 0. The number of alkyl halides is 3. The van der Waals surface area contributed by atoms with Gasteiger partial charge in [0.25, 0.3) is 0 Å². The van der Waals surface area contributed by atoms with Gasteiger partial charge in [-0.05, 0) is 6.92 Å². The minimum Gasteiger partial charge on any atom is -0.345 e. The first-order chi connectivity index (χ1) is 8.93. The van der Waals surface area contributed by atoms with Crippen LogP contribution in [0.1, 0.15) is 23.4 Å². The third-order valence-electron chi connectivity index (χ3n) is 2.80. The van der Waals surface area contributed by atoms with Crippen molar-refractivity contribution in [3.05, 3.63) is 17.5 Å². The molecule has 0 saturated carbocycles. The van der Waals surface area contributed by atoms with Crippen LogP contribution < -0.4 is 4.90 Å². The van der Waals surface area contributed by atoms with E-state index in [4.69, 9.17) is 0 Å². The Hall–Kier alpha value is -1.71. The van der Waals surface area contributed by atoms with Gasteiger partial charge in [0.15, 0.2) is 5.82 Å². The van der Waals surface area contributed by atoms with Gasteiger partial charge in [-0.15, -0.1) is 0 Å². The number of rotatable bonds is 2. The summed E-state index contributed by atoms with van der Waals surface area (Å²) < 4.78 is 40.4. The first-order valence-corrected chi connectivity index (χ1v) is 6.25. The van der Waals surface area contributed by atoms with Crippen molar-refractivity contribution < 1.29 is 13.2 Å². The van der Waals surface area contributed by atoms with Crippen molar-refractivity contribution >= 4 is 16.7 Å². The van der Waals surface area contributed by atoms with E-state index in [1.807, 2.05) is 0 Å². The van der Waals surface area contributed by atoms with Crippen molar-refractivity contribution in [2.24, 2.45) is 0 Å². The molecule has 0 unspecified atom stereocenters. The Morgan fingerprint density at radius 3 is 2.58 bits per heavy atom. The zero-order valence-electron chi connectivity index (χ0n) is 9.77. The molecule has 3 heterocycles. The van der Waals surface area contributed by atoms with Crippen LogP contribution in [0, 0.1) is 6.92 Å². The average molecular weight is 290 g/mol. The Morgan fingerprint density at radius 1 is 1.32 bits per heavy atom. The van der Waals surface area contributed by atoms with Gasteiger partial charge in [0, 0.05) is 24.6 Å². The third kappa shape index (κ3) is 2.27. The molecule has 3 rings (SSSR count). The molecule has 19 heavy (non-hydrogen) atoms. The molecule has 0 radical (unpaired) electrons. The van der Waals surface area contributed by atoms with Crippen LogP contribution in [0.2, 0.25) is 0 Å². The van der Waals surface area contributed by atoms with Crippen LogP contribution in [-0.2, 0) is 6.18 Å². The molecule has 0 amide bonds. The smallest absolute Gasteiger partial charge is 0.345 e. The Labute approximate surface area is 109 Å². The standard InChI is InChI=1S/C9H9F3N6S/c1-4-13-6(16-15-4)5-2-18(3-5)8-14-7(17-19-8)9(10,11)12/h5H,2-3H2,1H3,(H,13,15,16). The fraction of sp³-hybridized carbons (Fsp3) is 0.556. The van der Waals surface area contributed by atoms with Crippen molar-refractivity contribution in [3.63, 3.8) is 0 Å². The van der Waals surface area contributed by atoms with Crippen LogP contribution in [0.5, 0.6) is 0 Å². The highest BCUT2D eigenvalue weighted by molar-refractivity contribution is 7.09. The van der Waals surface area contributed by atoms with E-state index < -0.39 is 12.0 Å². The summed E-state index contributed by atoms with van der Waals surface area (Å²) >= 11 is 0.759. The minimum atomic E-state index is -4.49. The monoisotopic (exact) mass is 290 g/mol. The van der Waals surface area contributed by atoms with Gasteiger partial charge in [0.2, 0.25) is 11.0 Å². The molecule has 1 aliphatic rings. The molecule has 1 N–H and O–H groups in total. The SMILES string of the molecule is Cc1nc(C2CN(c3nc(C(F)(F)F)ns3)C2)n[nH]1.